The highest BCUT2D eigenvalue weighted by atomic mass is 79.9. The molecule has 0 unspecified atom stereocenters. The fourth-order valence-corrected chi connectivity index (χ4v) is 2.57. The van der Waals surface area contributed by atoms with Gasteiger partial charge in [0.05, 0.1) is 10.7 Å². The second-order valence-corrected chi connectivity index (χ2v) is 4.94. The molecule has 0 aliphatic heterocycles. The SMILES string of the molecule is Cc1ccccc1-c1coc2c(Br)cccc12. The van der Waals surface area contributed by atoms with Gasteiger partial charge in [-0.25, -0.2) is 0 Å². The quantitative estimate of drug-likeness (QED) is 0.601. The summed E-state index contributed by atoms with van der Waals surface area (Å²) in [5.74, 6) is 0. The lowest BCUT2D eigenvalue weighted by molar-refractivity contribution is 0.615. The molecule has 0 atom stereocenters. The van der Waals surface area contributed by atoms with Gasteiger partial charge < -0.3 is 4.42 Å². The molecule has 0 fully saturated rings. The number of aryl methyl sites for hydroxylation is 1. The molecule has 0 bridgehead atoms. The first kappa shape index (κ1) is 10.6. The molecule has 0 spiro atoms. The summed E-state index contributed by atoms with van der Waals surface area (Å²) in [4.78, 5) is 0. The molecule has 1 nitrogen and oxygen atoms in total. The maximum absolute atomic E-state index is 5.64. The second kappa shape index (κ2) is 4.04. The van der Waals surface area contributed by atoms with Crippen LogP contribution in [0, 0.1) is 6.92 Å². The minimum Gasteiger partial charge on any atom is -0.462 e. The van der Waals surface area contributed by atoms with Gasteiger partial charge in [-0.3, -0.25) is 0 Å². The number of halogens is 1. The van der Waals surface area contributed by atoms with Crippen molar-refractivity contribution in [1.82, 2.24) is 0 Å². The van der Waals surface area contributed by atoms with E-state index in [-0.39, 0.29) is 0 Å². The molecular weight excluding hydrogens is 276 g/mol. The molecular formula is C15H11BrO. The highest BCUT2D eigenvalue weighted by molar-refractivity contribution is 9.10. The lowest BCUT2D eigenvalue weighted by atomic mass is 10.0. The standard InChI is InChI=1S/C15H11BrO/c1-10-5-2-3-6-11(10)13-9-17-15-12(13)7-4-8-14(15)16/h2-9H,1H3. The Labute approximate surface area is 108 Å². The lowest BCUT2D eigenvalue weighted by Crippen LogP contribution is -1.80. The molecule has 0 aliphatic carbocycles. The summed E-state index contributed by atoms with van der Waals surface area (Å²) in [6.07, 6.45) is 1.83. The van der Waals surface area contributed by atoms with Crippen LogP contribution in [-0.2, 0) is 0 Å². The average molecular weight is 287 g/mol. The summed E-state index contributed by atoms with van der Waals surface area (Å²) in [6.45, 7) is 2.12. The van der Waals surface area contributed by atoms with Gasteiger partial charge in [-0.1, -0.05) is 36.4 Å². The Balaban J connectivity index is 2.33. The molecule has 0 saturated heterocycles. The van der Waals surface area contributed by atoms with Crippen molar-refractivity contribution >= 4 is 26.9 Å². The molecule has 1 aromatic heterocycles. The number of hydrogen-bond acceptors (Lipinski definition) is 1. The van der Waals surface area contributed by atoms with E-state index in [1.807, 2.05) is 18.4 Å². The van der Waals surface area contributed by atoms with Crippen LogP contribution in [0.2, 0.25) is 0 Å². The van der Waals surface area contributed by atoms with Gasteiger partial charge in [-0.2, -0.15) is 0 Å². The first-order valence-corrected chi connectivity index (χ1v) is 6.28. The molecule has 3 aromatic rings. The van der Waals surface area contributed by atoms with Gasteiger partial charge in [-0.15, -0.1) is 0 Å². The summed E-state index contributed by atoms with van der Waals surface area (Å²) >= 11 is 3.51. The van der Waals surface area contributed by atoms with Crippen molar-refractivity contribution in [1.29, 1.82) is 0 Å². The summed E-state index contributed by atoms with van der Waals surface area (Å²) < 4.78 is 6.64. The van der Waals surface area contributed by atoms with Crippen LogP contribution in [0.3, 0.4) is 0 Å². The van der Waals surface area contributed by atoms with Crippen molar-refractivity contribution in [2.75, 3.05) is 0 Å². The van der Waals surface area contributed by atoms with Gasteiger partial charge in [0.1, 0.15) is 5.58 Å². The molecule has 1 heterocycles. The maximum Gasteiger partial charge on any atom is 0.148 e. The van der Waals surface area contributed by atoms with Gasteiger partial charge in [0.15, 0.2) is 0 Å². The van der Waals surface area contributed by atoms with E-state index < -0.39 is 0 Å². The van der Waals surface area contributed by atoms with Crippen molar-refractivity contribution in [3.8, 4) is 11.1 Å². The van der Waals surface area contributed by atoms with Crippen molar-refractivity contribution < 1.29 is 4.42 Å². The minimum atomic E-state index is 0.908. The van der Waals surface area contributed by atoms with Crippen LogP contribution >= 0.6 is 15.9 Å². The highest BCUT2D eigenvalue weighted by Gasteiger charge is 2.11. The largest absolute Gasteiger partial charge is 0.462 e. The Morgan fingerprint density at radius 3 is 2.59 bits per heavy atom. The van der Waals surface area contributed by atoms with Crippen LogP contribution in [-0.4, -0.2) is 0 Å². The third-order valence-electron chi connectivity index (χ3n) is 2.99. The molecule has 2 aromatic carbocycles. The molecule has 0 N–H and O–H groups in total. The number of fused-ring (bicyclic) bond motifs is 1. The van der Waals surface area contributed by atoms with Crippen LogP contribution in [0.15, 0.2) is 57.6 Å². The number of furan rings is 1. The van der Waals surface area contributed by atoms with Gasteiger partial charge >= 0.3 is 0 Å². The molecule has 0 radical (unpaired) electrons. The Morgan fingerprint density at radius 2 is 1.76 bits per heavy atom. The zero-order valence-corrected chi connectivity index (χ0v) is 11.0. The predicted molar refractivity (Wildman–Crippen MR) is 74.1 cm³/mol. The lowest BCUT2D eigenvalue weighted by Gasteiger charge is -2.02. The van der Waals surface area contributed by atoms with Gasteiger partial charge in [0.25, 0.3) is 0 Å². The third kappa shape index (κ3) is 1.69. The van der Waals surface area contributed by atoms with E-state index in [1.165, 1.54) is 11.1 Å². The first-order valence-electron chi connectivity index (χ1n) is 5.49. The van der Waals surface area contributed by atoms with E-state index in [9.17, 15) is 0 Å². The Morgan fingerprint density at radius 1 is 0.941 bits per heavy atom. The fraction of sp³-hybridized carbons (Fsp3) is 0.0667. The topological polar surface area (TPSA) is 13.1 Å². The van der Waals surface area contributed by atoms with E-state index in [0.717, 1.165) is 21.0 Å². The van der Waals surface area contributed by atoms with Crippen molar-refractivity contribution in [3.05, 3.63) is 58.8 Å². The van der Waals surface area contributed by atoms with E-state index in [2.05, 4.69) is 53.2 Å². The zero-order chi connectivity index (χ0) is 11.8. The third-order valence-corrected chi connectivity index (χ3v) is 3.61. The van der Waals surface area contributed by atoms with Gasteiger partial charge in [-0.05, 0) is 40.0 Å². The molecule has 2 heteroatoms. The first-order chi connectivity index (χ1) is 8.27. The molecule has 0 saturated carbocycles. The number of benzene rings is 2. The number of rotatable bonds is 1. The van der Waals surface area contributed by atoms with Crippen LogP contribution in [0.4, 0.5) is 0 Å². The predicted octanol–water partition coefficient (Wildman–Crippen LogP) is 5.17. The van der Waals surface area contributed by atoms with Crippen molar-refractivity contribution in [2.45, 2.75) is 6.92 Å². The van der Waals surface area contributed by atoms with Crippen molar-refractivity contribution in [3.63, 3.8) is 0 Å². The van der Waals surface area contributed by atoms with E-state index in [1.54, 1.807) is 0 Å². The highest BCUT2D eigenvalue weighted by Crippen LogP contribution is 2.35. The van der Waals surface area contributed by atoms with Gasteiger partial charge in [0, 0.05) is 10.9 Å². The Hall–Kier alpha value is -1.54. The van der Waals surface area contributed by atoms with Crippen LogP contribution in [0.5, 0.6) is 0 Å². The Bertz CT molecular complexity index is 682. The number of hydrogen-bond donors (Lipinski definition) is 0. The molecule has 84 valence electrons. The smallest absolute Gasteiger partial charge is 0.148 e. The summed E-state index contributed by atoms with van der Waals surface area (Å²) in [7, 11) is 0. The molecule has 0 amide bonds. The minimum absolute atomic E-state index is 0.908. The fourth-order valence-electron chi connectivity index (χ4n) is 2.11. The molecule has 3 rings (SSSR count). The summed E-state index contributed by atoms with van der Waals surface area (Å²) in [5.41, 5.74) is 4.55. The van der Waals surface area contributed by atoms with Gasteiger partial charge in [0.2, 0.25) is 0 Å². The van der Waals surface area contributed by atoms with Crippen LogP contribution in [0.1, 0.15) is 5.56 Å². The number of para-hydroxylation sites is 1. The summed E-state index contributed by atoms with van der Waals surface area (Å²) in [5, 5.41) is 1.15. The van der Waals surface area contributed by atoms with Crippen molar-refractivity contribution in [2.24, 2.45) is 0 Å². The average Bonchev–Trinajstić information content (AvgIpc) is 2.75. The van der Waals surface area contributed by atoms with Crippen LogP contribution < -0.4 is 0 Å². The molecule has 0 aliphatic rings. The maximum atomic E-state index is 5.64. The molecule has 17 heavy (non-hydrogen) atoms. The van der Waals surface area contributed by atoms with E-state index in [0.29, 0.717) is 0 Å². The van der Waals surface area contributed by atoms with Crippen LogP contribution in [0.25, 0.3) is 22.1 Å². The normalized spacial score (nSPS) is 10.9. The Kier molecular flexibility index (Phi) is 2.52. The van der Waals surface area contributed by atoms with E-state index in [4.69, 9.17) is 4.42 Å². The van der Waals surface area contributed by atoms with E-state index >= 15 is 0 Å². The zero-order valence-electron chi connectivity index (χ0n) is 9.41. The summed E-state index contributed by atoms with van der Waals surface area (Å²) in [6, 6.07) is 14.5. The second-order valence-electron chi connectivity index (χ2n) is 4.08. The monoisotopic (exact) mass is 286 g/mol.